The highest BCUT2D eigenvalue weighted by Gasteiger charge is 2.52. The van der Waals surface area contributed by atoms with Gasteiger partial charge in [0, 0.05) is 33.2 Å². The first-order valence-electron chi connectivity index (χ1n) is 8.59. The van der Waals surface area contributed by atoms with Crippen LogP contribution < -0.4 is 10.6 Å². The molecule has 5 rings (SSSR count). The molecule has 3 N–H and O–H groups in total. The molecule has 0 saturated carbocycles. The molecule has 4 nitrogen and oxygen atoms in total. The Morgan fingerprint density at radius 2 is 2.04 bits per heavy atom. The average molecular weight is 352 g/mol. The number of nitrogens with one attached hydrogen (secondary N) is 3. The van der Waals surface area contributed by atoms with Crippen LogP contribution in [0.15, 0.2) is 42.5 Å². The van der Waals surface area contributed by atoms with E-state index in [1.165, 1.54) is 10.9 Å². The minimum Gasteiger partial charge on any atom is -0.356 e. The molecule has 1 spiro atoms. The van der Waals surface area contributed by atoms with E-state index < -0.39 is 5.54 Å². The van der Waals surface area contributed by atoms with E-state index in [4.69, 9.17) is 11.6 Å². The molecule has 1 aromatic heterocycles. The Bertz CT molecular complexity index is 1020. The highest BCUT2D eigenvalue weighted by molar-refractivity contribution is 6.31. The number of hydrogen-bond acceptors (Lipinski definition) is 2. The van der Waals surface area contributed by atoms with Crippen LogP contribution in [-0.2, 0) is 16.8 Å². The molecule has 0 radical (unpaired) electrons. The molecular formula is C20H18ClN3O. The van der Waals surface area contributed by atoms with Crippen LogP contribution in [0.5, 0.6) is 0 Å². The molecular weight excluding hydrogens is 334 g/mol. The summed E-state index contributed by atoms with van der Waals surface area (Å²) in [4.78, 5) is 16.8. The number of aryl methyl sites for hydroxylation is 1. The predicted octanol–water partition coefficient (Wildman–Crippen LogP) is 3.94. The summed E-state index contributed by atoms with van der Waals surface area (Å²) in [5, 5.41) is 8.46. The lowest BCUT2D eigenvalue weighted by Crippen LogP contribution is -2.52. The molecule has 0 saturated heterocycles. The van der Waals surface area contributed by atoms with Gasteiger partial charge in [-0.3, -0.25) is 10.1 Å². The fourth-order valence-electron chi connectivity index (χ4n) is 4.32. The van der Waals surface area contributed by atoms with Crippen molar-refractivity contribution in [2.75, 3.05) is 5.32 Å². The zero-order valence-corrected chi connectivity index (χ0v) is 14.6. The largest absolute Gasteiger partial charge is 0.356 e. The third kappa shape index (κ3) is 1.95. The maximum atomic E-state index is 13.2. The van der Waals surface area contributed by atoms with Crippen molar-refractivity contribution in [3.05, 3.63) is 64.3 Å². The normalized spacial score (nSPS) is 24.9. The summed E-state index contributed by atoms with van der Waals surface area (Å²) in [7, 11) is 0. The molecule has 126 valence electrons. The quantitative estimate of drug-likeness (QED) is 0.574. The second-order valence-electron chi connectivity index (χ2n) is 7.00. The van der Waals surface area contributed by atoms with Crippen molar-refractivity contribution in [2.45, 2.75) is 31.3 Å². The molecule has 0 aliphatic carbocycles. The number of carbonyl (C=O) groups is 1. The Kier molecular flexibility index (Phi) is 3.06. The van der Waals surface area contributed by atoms with Gasteiger partial charge in [-0.15, -0.1) is 0 Å². The number of para-hydroxylation sites is 1. The Morgan fingerprint density at radius 3 is 2.92 bits per heavy atom. The van der Waals surface area contributed by atoms with Crippen LogP contribution in [0.2, 0.25) is 5.02 Å². The monoisotopic (exact) mass is 351 g/mol. The van der Waals surface area contributed by atoms with Gasteiger partial charge in [0.15, 0.2) is 5.54 Å². The van der Waals surface area contributed by atoms with Crippen LogP contribution in [0.25, 0.3) is 10.9 Å². The molecule has 2 aliphatic rings. The molecule has 1 amide bonds. The smallest absolute Gasteiger partial charge is 0.255 e. The van der Waals surface area contributed by atoms with Gasteiger partial charge in [0.2, 0.25) is 0 Å². The van der Waals surface area contributed by atoms with Crippen molar-refractivity contribution in [3.63, 3.8) is 0 Å². The van der Waals surface area contributed by atoms with Crippen LogP contribution in [-0.4, -0.2) is 16.9 Å². The van der Waals surface area contributed by atoms with Crippen molar-refractivity contribution in [2.24, 2.45) is 0 Å². The second-order valence-corrected chi connectivity index (χ2v) is 7.44. The number of rotatable bonds is 0. The number of aromatic amines is 1. The van der Waals surface area contributed by atoms with Gasteiger partial charge in [0.25, 0.3) is 5.91 Å². The lowest BCUT2D eigenvalue weighted by Gasteiger charge is -2.30. The standard InChI is InChI=1S/C20H18ClN3O/c1-11-6-8-14-13-4-2-3-5-16(13)22-18(14)20(24-11)15-10-12(21)7-9-17(15)23-19(20)25/h2-5,7,9-11,22,24H,6,8H2,1H3,(H,23,25). The molecule has 0 bridgehead atoms. The van der Waals surface area contributed by atoms with E-state index in [1.807, 2.05) is 30.3 Å². The summed E-state index contributed by atoms with van der Waals surface area (Å²) in [5.74, 6) is -0.0497. The summed E-state index contributed by atoms with van der Waals surface area (Å²) in [6.07, 6.45) is 1.90. The Hall–Kier alpha value is -2.30. The van der Waals surface area contributed by atoms with E-state index in [9.17, 15) is 4.79 Å². The number of fused-ring (bicyclic) bond motifs is 6. The molecule has 2 aromatic carbocycles. The van der Waals surface area contributed by atoms with Gasteiger partial charge in [-0.05, 0) is 49.6 Å². The number of halogens is 1. The lowest BCUT2D eigenvalue weighted by atomic mass is 9.85. The highest BCUT2D eigenvalue weighted by Crippen LogP contribution is 2.46. The van der Waals surface area contributed by atoms with E-state index in [1.54, 1.807) is 0 Å². The summed E-state index contributed by atoms with van der Waals surface area (Å²) in [6.45, 7) is 2.13. The summed E-state index contributed by atoms with van der Waals surface area (Å²) in [6, 6.07) is 14.0. The molecule has 5 heteroatoms. The first-order valence-corrected chi connectivity index (χ1v) is 8.96. The third-order valence-corrected chi connectivity index (χ3v) is 5.69. The van der Waals surface area contributed by atoms with E-state index in [0.717, 1.165) is 35.3 Å². The lowest BCUT2D eigenvalue weighted by molar-refractivity contribution is -0.120. The molecule has 0 fully saturated rings. The first-order chi connectivity index (χ1) is 12.1. The third-order valence-electron chi connectivity index (χ3n) is 5.45. The van der Waals surface area contributed by atoms with E-state index in [2.05, 4.69) is 34.7 Å². The van der Waals surface area contributed by atoms with Crippen LogP contribution >= 0.6 is 11.6 Å². The van der Waals surface area contributed by atoms with Crippen molar-refractivity contribution in [3.8, 4) is 0 Å². The molecule has 3 heterocycles. The number of anilines is 1. The van der Waals surface area contributed by atoms with Crippen LogP contribution in [0.4, 0.5) is 5.69 Å². The van der Waals surface area contributed by atoms with E-state index in [0.29, 0.717) is 5.02 Å². The molecule has 3 aromatic rings. The van der Waals surface area contributed by atoms with Gasteiger partial charge in [-0.2, -0.15) is 0 Å². The number of aromatic nitrogens is 1. The summed E-state index contributed by atoms with van der Waals surface area (Å²) < 4.78 is 0. The van der Waals surface area contributed by atoms with Crippen LogP contribution in [0, 0.1) is 0 Å². The fraction of sp³-hybridized carbons (Fsp3) is 0.250. The van der Waals surface area contributed by atoms with Gasteiger partial charge >= 0.3 is 0 Å². The van der Waals surface area contributed by atoms with E-state index in [-0.39, 0.29) is 11.9 Å². The molecule has 25 heavy (non-hydrogen) atoms. The van der Waals surface area contributed by atoms with Crippen molar-refractivity contribution in [1.29, 1.82) is 0 Å². The maximum Gasteiger partial charge on any atom is 0.255 e. The summed E-state index contributed by atoms with van der Waals surface area (Å²) >= 11 is 6.28. The number of H-pyrrole nitrogens is 1. The van der Waals surface area contributed by atoms with E-state index >= 15 is 0 Å². The average Bonchev–Trinajstić information content (AvgIpc) is 3.04. The van der Waals surface area contributed by atoms with Crippen LogP contribution in [0.3, 0.4) is 0 Å². The topological polar surface area (TPSA) is 56.9 Å². The number of amides is 1. The molecule has 2 unspecified atom stereocenters. The van der Waals surface area contributed by atoms with Crippen molar-refractivity contribution < 1.29 is 4.79 Å². The van der Waals surface area contributed by atoms with Gasteiger partial charge in [0.05, 0.1) is 5.69 Å². The summed E-state index contributed by atoms with van der Waals surface area (Å²) in [5.41, 5.74) is 4.01. The Morgan fingerprint density at radius 1 is 1.20 bits per heavy atom. The highest BCUT2D eigenvalue weighted by atomic mass is 35.5. The number of hydrogen-bond donors (Lipinski definition) is 3. The number of carbonyl (C=O) groups excluding carboxylic acids is 1. The zero-order valence-electron chi connectivity index (χ0n) is 13.8. The minimum atomic E-state index is -0.926. The van der Waals surface area contributed by atoms with Gasteiger partial charge < -0.3 is 10.3 Å². The first kappa shape index (κ1) is 15.0. The second kappa shape index (κ2) is 5.10. The van der Waals surface area contributed by atoms with Crippen LogP contribution in [0.1, 0.15) is 30.2 Å². The van der Waals surface area contributed by atoms with Gasteiger partial charge in [-0.25, -0.2) is 0 Å². The molecule has 2 aliphatic heterocycles. The maximum absolute atomic E-state index is 13.2. The predicted molar refractivity (Wildman–Crippen MR) is 100 cm³/mol. The SMILES string of the molecule is CC1CCc2c([nH]c3ccccc23)C2(N1)C(=O)Nc1ccc(Cl)cc12. The minimum absolute atomic E-state index is 0.0497. The van der Waals surface area contributed by atoms with Crippen molar-refractivity contribution in [1.82, 2.24) is 10.3 Å². The number of benzene rings is 2. The van der Waals surface area contributed by atoms with Gasteiger partial charge in [-0.1, -0.05) is 29.8 Å². The Balaban J connectivity index is 1.88. The van der Waals surface area contributed by atoms with Gasteiger partial charge in [0.1, 0.15) is 0 Å². The Labute approximate surface area is 150 Å². The fourth-order valence-corrected chi connectivity index (χ4v) is 4.49. The molecule has 2 atom stereocenters. The van der Waals surface area contributed by atoms with Crippen molar-refractivity contribution >= 4 is 34.1 Å². The zero-order chi connectivity index (χ0) is 17.2.